The van der Waals surface area contributed by atoms with E-state index in [4.69, 9.17) is 4.74 Å². The molecule has 32 heavy (non-hydrogen) atoms. The molecule has 2 N–H and O–H groups in total. The molecule has 0 unspecified atom stereocenters. The van der Waals surface area contributed by atoms with Gasteiger partial charge in [0, 0.05) is 5.39 Å². The van der Waals surface area contributed by atoms with Crippen molar-refractivity contribution in [2.75, 3.05) is 20.3 Å². The zero-order chi connectivity index (χ0) is 23.1. The molecule has 10 heteroatoms. The number of ether oxygens (including phenoxy) is 2. The minimum atomic E-state index is -0.724. The SMILES string of the molecule is COC(=O)Cn1c(O)c(N=NC(=O)CNC(=O)COc2ccccc2C)c2ccccc21. The quantitative estimate of drug-likeness (QED) is 0.411. The lowest BCUT2D eigenvalue weighted by Gasteiger charge is -2.08. The first-order valence-electron chi connectivity index (χ1n) is 9.67. The van der Waals surface area contributed by atoms with Crippen LogP contribution in [-0.4, -0.2) is 47.7 Å². The summed E-state index contributed by atoms with van der Waals surface area (Å²) in [5.74, 6) is -1.53. The number of hydrogen-bond acceptors (Lipinski definition) is 7. The van der Waals surface area contributed by atoms with Gasteiger partial charge in [0.25, 0.3) is 11.8 Å². The molecule has 0 bridgehead atoms. The van der Waals surface area contributed by atoms with E-state index in [-0.39, 0.29) is 31.3 Å². The van der Waals surface area contributed by atoms with Crippen molar-refractivity contribution in [2.24, 2.45) is 10.2 Å². The van der Waals surface area contributed by atoms with Crippen LogP contribution < -0.4 is 10.1 Å². The molecule has 0 aliphatic carbocycles. The molecule has 0 aliphatic heterocycles. The Kier molecular flexibility index (Phi) is 7.17. The average Bonchev–Trinajstić information content (AvgIpc) is 3.06. The molecule has 0 atom stereocenters. The van der Waals surface area contributed by atoms with Crippen LogP contribution in [0, 0.1) is 6.92 Å². The van der Waals surface area contributed by atoms with E-state index in [1.807, 2.05) is 19.1 Å². The topological polar surface area (TPSA) is 132 Å². The first kappa shape index (κ1) is 22.5. The number of hydrogen-bond donors (Lipinski definition) is 2. The molecule has 3 rings (SSSR count). The van der Waals surface area contributed by atoms with E-state index in [0.29, 0.717) is 16.7 Å². The van der Waals surface area contributed by atoms with Crippen molar-refractivity contribution in [2.45, 2.75) is 13.5 Å². The predicted octanol–water partition coefficient (Wildman–Crippen LogP) is 2.63. The van der Waals surface area contributed by atoms with Crippen molar-refractivity contribution in [1.29, 1.82) is 0 Å². The summed E-state index contributed by atoms with van der Waals surface area (Å²) in [5.41, 5.74) is 1.45. The van der Waals surface area contributed by atoms with E-state index >= 15 is 0 Å². The second-order valence-corrected chi connectivity index (χ2v) is 6.78. The Balaban J connectivity index is 1.63. The summed E-state index contributed by atoms with van der Waals surface area (Å²) in [6.07, 6.45) is 0. The number of para-hydroxylation sites is 2. The molecule has 0 spiro atoms. The van der Waals surface area contributed by atoms with Crippen LogP contribution in [0.5, 0.6) is 11.6 Å². The number of amides is 2. The van der Waals surface area contributed by atoms with Crippen molar-refractivity contribution in [3.63, 3.8) is 0 Å². The Bertz CT molecular complexity index is 1180. The molecular weight excluding hydrogens is 416 g/mol. The molecule has 1 aromatic heterocycles. The fraction of sp³-hybridized carbons (Fsp3) is 0.227. The zero-order valence-electron chi connectivity index (χ0n) is 17.6. The van der Waals surface area contributed by atoms with Crippen LogP contribution in [0.4, 0.5) is 5.69 Å². The number of aryl methyl sites for hydroxylation is 1. The highest BCUT2D eigenvalue weighted by Crippen LogP contribution is 2.38. The molecule has 1 heterocycles. The first-order chi connectivity index (χ1) is 15.4. The molecule has 2 aromatic carbocycles. The third-order valence-electron chi connectivity index (χ3n) is 4.58. The van der Waals surface area contributed by atoms with Gasteiger partial charge in [0.05, 0.1) is 12.6 Å². The summed E-state index contributed by atoms with van der Waals surface area (Å²) in [5, 5.41) is 20.8. The first-order valence-corrected chi connectivity index (χ1v) is 9.67. The van der Waals surface area contributed by atoms with Crippen molar-refractivity contribution >= 4 is 34.4 Å². The summed E-state index contributed by atoms with van der Waals surface area (Å²) < 4.78 is 11.4. The second kappa shape index (κ2) is 10.2. The lowest BCUT2D eigenvalue weighted by Crippen LogP contribution is -2.32. The fourth-order valence-corrected chi connectivity index (χ4v) is 2.95. The summed E-state index contributed by atoms with van der Waals surface area (Å²) >= 11 is 0. The van der Waals surface area contributed by atoms with Gasteiger partial charge in [-0.1, -0.05) is 36.4 Å². The van der Waals surface area contributed by atoms with Gasteiger partial charge in [-0.2, -0.15) is 0 Å². The zero-order valence-corrected chi connectivity index (χ0v) is 17.6. The normalized spacial score (nSPS) is 10.9. The van der Waals surface area contributed by atoms with Crippen molar-refractivity contribution in [3.8, 4) is 11.6 Å². The molecule has 0 fully saturated rings. The van der Waals surface area contributed by atoms with Gasteiger partial charge < -0.3 is 19.9 Å². The summed E-state index contributed by atoms with van der Waals surface area (Å²) in [7, 11) is 1.24. The Hall–Kier alpha value is -4.21. The number of esters is 1. The standard InChI is InChI=1S/C22H22N4O6/c1-14-7-3-6-10-17(14)32-13-19(28)23-11-18(27)24-25-21-15-8-4-5-9-16(15)26(22(21)30)12-20(29)31-2/h3-10,30H,11-13H2,1-2H3,(H,23,28). The van der Waals surface area contributed by atoms with Crippen LogP contribution in [0.2, 0.25) is 0 Å². The lowest BCUT2D eigenvalue weighted by atomic mass is 10.2. The molecule has 0 aliphatic rings. The summed E-state index contributed by atoms with van der Waals surface area (Å²) in [6, 6.07) is 14.1. The number of carbonyl (C=O) groups is 3. The maximum absolute atomic E-state index is 12.0. The highest BCUT2D eigenvalue weighted by Gasteiger charge is 2.19. The minimum absolute atomic E-state index is 0.0343. The predicted molar refractivity (Wildman–Crippen MR) is 115 cm³/mol. The second-order valence-electron chi connectivity index (χ2n) is 6.78. The monoisotopic (exact) mass is 438 g/mol. The average molecular weight is 438 g/mol. The van der Waals surface area contributed by atoms with Gasteiger partial charge in [0.2, 0.25) is 5.88 Å². The maximum atomic E-state index is 12.0. The van der Waals surface area contributed by atoms with Crippen LogP contribution in [0.25, 0.3) is 10.9 Å². The van der Waals surface area contributed by atoms with Crippen LogP contribution in [0.15, 0.2) is 58.8 Å². The van der Waals surface area contributed by atoms with Crippen molar-refractivity contribution < 1.29 is 29.0 Å². The third kappa shape index (κ3) is 5.28. The van der Waals surface area contributed by atoms with Gasteiger partial charge in [-0.15, -0.1) is 10.2 Å². The third-order valence-corrected chi connectivity index (χ3v) is 4.58. The van der Waals surface area contributed by atoms with Crippen molar-refractivity contribution in [3.05, 3.63) is 54.1 Å². The number of methoxy groups -OCH3 is 1. The van der Waals surface area contributed by atoms with E-state index in [2.05, 4.69) is 20.3 Å². The molecule has 166 valence electrons. The van der Waals surface area contributed by atoms with E-state index in [1.54, 1.807) is 36.4 Å². The van der Waals surface area contributed by atoms with Crippen LogP contribution >= 0.6 is 0 Å². The molecule has 0 radical (unpaired) electrons. The van der Waals surface area contributed by atoms with E-state index in [1.165, 1.54) is 11.7 Å². The van der Waals surface area contributed by atoms with Gasteiger partial charge >= 0.3 is 5.97 Å². The van der Waals surface area contributed by atoms with Gasteiger partial charge in [0.15, 0.2) is 12.3 Å². The molecule has 3 aromatic rings. The Morgan fingerprint density at radius 3 is 2.56 bits per heavy atom. The number of aromatic nitrogens is 1. The number of carbonyl (C=O) groups excluding carboxylic acids is 3. The molecule has 0 saturated carbocycles. The van der Waals surface area contributed by atoms with Crippen molar-refractivity contribution in [1.82, 2.24) is 9.88 Å². The molecule has 2 amide bonds. The molecule has 10 nitrogen and oxygen atoms in total. The summed E-state index contributed by atoms with van der Waals surface area (Å²) in [4.78, 5) is 35.6. The number of azo groups is 1. The highest BCUT2D eigenvalue weighted by molar-refractivity contribution is 5.96. The van der Waals surface area contributed by atoms with Gasteiger partial charge in [-0.05, 0) is 24.6 Å². The molecular formula is C22H22N4O6. The van der Waals surface area contributed by atoms with Crippen LogP contribution in [-0.2, 0) is 25.7 Å². The lowest BCUT2D eigenvalue weighted by molar-refractivity contribution is -0.141. The fourth-order valence-electron chi connectivity index (χ4n) is 2.95. The smallest absolute Gasteiger partial charge is 0.325 e. The Morgan fingerprint density at radius 2 is 1.81 bits per heavy atom. The van der Waals surface area contributed by atoms with E-state index in [9.17, 15) is 19.5 Å². The minimum Gasteiger partial charge on any atom is -0.493 e. The van der Waals surface area contributed by atoms with E-state index < -0.39 is 17.8 Å². The van der Waals surface area contributed by atoms with Gasteiger partial charge in [0.1, 0.15) is 18.8 Å². The number of nitrogens with zero attached hydrogens (tertiary/aromatic N) is 3. The number of benzene rings is 2. The number of aromatic hydroxyl groups is 1. The van der Waals surface area contributed by atoms with Crippen LogP contribution in [0.1, 0.15) is 5.56 Å². The number of nitrogens with one attached hydrogen (secondary N) is 1. The number of rotatable bonds is 8. The Labute approximate surface area is 183 Å². The van der Waals surface area contributed by atoms with E-state index in [0.717, 1.165) is 5.56 Å². The largest absolute Gasteiger partial charge is 0.493 e. The maximum Gasteiger partial charge on any atom is 0.325 e. The summed E-state index contributed by atoms with van der Waals surface area (Å²) in [6.45, 7) is 0.982. The van der Waals surface area contributed by atoms with Crippen LogP contribution in [0.3, 0.4) is 0 Å². The Morgan fingerprint density at radius 1 is 1.09 bits per heavy atom. The highest BCUT2D eigenvalue weighted by atomic mass is 16.5. The van der Waals surface area contributed by atoms with Gasteiger partial charge in [-0.3, -0.25) is 19.0 Å². The number of fused-ring (bicyclic) bond motifs is 1. The van der Waals surface area contributed by atoms with Gasteiger partial charge in [-0.25, -0.2) is 0 Å². The molecule has 0 saturated heterocycles.